The van der Waals surface area contributed by atoms with Crippen molar-refractivity contribution in [1.29, 1.82) is 0 Å². The van der Waals surface area contributed by atoms with Crippen LogP contribution in [0.15, 0.2) is 0 Å². The van der Waals surface area contributed by atoms with Crippen molar-refractivity contribution in [2.75, 3.05) is 13.1 Å². The van der Waals surface area contributed by atoms with Gasteiger partial charge in [-0.1, -0.05) is 6.42 Å². The van der Waals surface area contributed by atoms with Crippen molar-refractivity contribution >= 4 is 5.97 Å². The second-order valence-electron chi connectivity index (χ2n) is 5.69. The van der Waals surface area contributed by atoms with Gasteiger partial charge >= 0.3 is 5.97 Å². The molecule has 1 saturated heterocycles. The third-order valence-electron chi connectivity index (χ3n) is 2.83. The molecule has 0 aromatic rings. The van der Waals surface area contributed by atoms with E-state index in [1.54, 1.807) is 0 Å². The molecule has 1 N–H and O–H groups in total. The van der Waals surface area contributed by atoms with Gasteiger partial charge in [-0.05, 0) is 59.0 Å². The summed E-state index contributed by atoms with van der Waals surface area (Å²) < 4.78 is 5.30. The number of hydrogen-bond acceptors (Lipinski definition) is 3. The van der Waals surface area contributed by atoms with Gasteiger partial charge in [-0.2, -0.15) is 0 Å². The van der Waals surface area contributed by atoms with Crippen molar-refractivity contribution in [2.45, 2.75) is 58.5 Å². The lowest BCUT2D eigenvalue weighted by Gasteiger charge is -2.20. The Hall–Kier alpha value is -0.570. The van der Waals surface area contributed by atoms with E-state index in [1.165, 1.54) is 19.3 Å². The fourth-order valence-corrected chi connectivity index (χ4v) is 2.05. The van der Waals surface area contributed by atoms with Gasteiger partial charge in [0.2, 0.25) is 0 Å². The van der Waals surface area contributed by atoms with E-state index in [4.69, 9.17) is 4.74 Å². The molecule has 3 nitrogen and oxygen atoms in total. The van der Waals surface area contributed by atoms with Crippen LogP contribution in [0.3, 0.4) is 0 Å². The Bertz CT molecular complexity index is 212. The molecule has 0 amide bonds. The van der Waals surface area contributed by atoms with Gasteiger partial charge in [0.1, 0.15) is 5.60 Å². The molecule has 1 fully saturated rings. The maximum absolute atomic E-state index is 11.5. The van der Waals surface area contributed by atoms with Gasteiger partial charge in [0, 0.05) is 6.42 Å². The van der Waals surface area contributed by atoms with Gasteiger partial charge in [-0.15, -0.1) is 0 Å². The van der Waals surface area contributed by atoms with Crippen LogP contribution in [-0.2, 0) is 9.53 Å². The minimum Gasteiger partial charge on any atom is -0.460 e. The average Bonchev–Trinajstić information content (AvgIpc) is 2.39. The average molecular weight is 227 g/mol. The maximum Gasteiger partial charge on any atom is 0.306 e. The van der Waals surface area contributed by atoms with E-state index in [0.29, 0.717) is 12.3 Å². The standard InChI is InChI=1S/C13H25NO2/c1-13(2,3)16-12(15)8-7-11-6-4-5-9-14-10-11/h11,14H,4-10H2,1-3H3. The van der Waals surface area contributed by atoms with Crippen molar-refractivity contribution in [3.63, 3.8) is 0 Å². The number of ether oxygens (including phenoxy) is 1. The Morgan fingerprint density at radius 3 is 2.81 bits per heavy atom. The van der Waals surface area contributed by atoms with Gasteiger partial charge in [-0.3, -0.25) is 4.79 Å². The van der Waals surface area contributed by atoms with Gasteiger partial charge in [0.15, 0.2) is 0 Å². The SMILES string of the molecule is CC(C)(C)OC(=O)CCC1CCCCNC1. The lowest BCUT2D eigenvalue weighted by atomic mass is 9.98. The molecule has 0 saturated carbocycles. The zero-order valence-electron chi connectivity index (χ0n) is 10.8. The molecule has 16 heavy (non-hydrogen) atoms. The number of nitrogens with one attached hydrogen (secondary N) is 1. The van der Waals surface area contributed by atoms with Crippen molar-refractivity contribution < 1.29 is 9.53 Å². The number of rotatable bonds is 3. The highest BCUT2D eigenvalue weighted by molar-refractivity contribution is 5.69. The van der Waals surface area contributed by atoms with Crippen LogP contribution < -0.4 is 5.32 Å². The van der Waals surface area contributed by atoms with Crippen molar-refractivity contribution in [3.05, 3.63) is 0 Å². The third-order valence-corrected chi connectivity index (χ3v) is 2.83. The topological polar surface area (TPSA) is 38.3 Å². The monoisotopic (exact) mass is 227 g/mol. The Morgan fingerprint density at radius 2 is 2.12 bits per heavy atom. The van der Waals surface area contributed by atoms with Crippen molar-refractivity contribution in [1.82, 2.24) is 5.32 Å². The first-order valence-corrected chi connectivity index (χ1v) is 6.40. The van der Waals surface area contributed by atoms with Crippen LogP contribution in [0.5, 0.6) is 0 Å². The maximum atomic E-state index is 11.5. The Morgan fingerprint density at radius 1 is 1.38 bits per heavy atom. The zero-order chi connectivity index (χ0) is 12.0. The summed E-state index contributed by atoms with van der Waals surface area (Å²) in [7, 11) is 0. The molecule has 94 valence electrons. The molecule has 1 aliphatic rings. The van der Waals surface area contributed by atoms with Crippen molar-refractivity contribution in [2.24, 2.45) is 5.92 Å². The molecule has 1 atom stereocenters. The second-order valence-corrected chi connectivity index (χ2v) is 5.69. The highest BCUT2D eigenvalue weighted by Gasteiger charge is 2.18. The highest BCUT2D eigenvalue weighted by atomic mass is 16.6. The Labute approximate surface area is 98.9 Å². The van der Waals surface area contributed by atoms with Gasteiger partial charge in [-0.25, -0.2) is 0 Å². The fourth-order valence-electron chi connectivity index (χ4n) is 2.05. The molecule has 1 rings (SSSR count). The number of hydrogen-bond donors (Lipinski definition) is 1. The summed E-state index contributed by atoms with van der Waals surface area (Å²) in [6.07, 6.45) is 5.32. The van der Waals surface area contributed by atoms with Gasteiger partial charge in [0.05, 0.1) is 0 Å². The molecule has 3 heteroatoms. The molecule has 0 aliphatic carbocycles. The van der Waals surface area contributed by atoms with E-state index in [0.717, 1.165) is 19.5 Å². The molecule has 1 aliphatic heterocycles. The molecule has 1 unspecified atom stereocenters. The highest BCUT2D eigenvalue weighted by Crippen LogP contribution is 2.18. The normalized spacial score (nSPS) is 22.6. The van der Waals surface area contributed by atoms with E-state index < -0.39 is 0 Å². The van der Waals surface area contributed by atoms with E-state index in [2.05, 4.69) is 5.32 Å². The Balaban J connectivity index is 2.20. The summed E-state index contributed by atoms with van der Waals surface area (Å²) in [5.74, 6) is 0.590. The van der Waals surface area contributed by atoms with Crippen LogP contribution in [0.4, 0.5) is 0 Å². The van der Waals surface area contributed by atoms with E-state index in [9.17, 15) is 4.79 Å². The molecule has 0 bridgehead atoms. The van der Waals surface area contributed by atoms with Crippen LogP contribution in [0.1, 0.15) is 52.9 Å². The first-order chi connectivity index (χ1) is 7.47. The first-order valence-electron chi connectivity index (χ1n) is 6.40. The van der Waals surface area contributed by atoms with Crippen LogP contribution >= 0.6 is 0 Å². The summed E-state index contributed by atoms with van der Waals surface area (Å²) in [5, 5.41) is 3.42. The van der Waals surface area contributed by atoms with E-state index in [-0.39, 0.29) is 11.6 Å². The summed E-state index contributed by atoms with van der Waals surface area (Å²) in [4.78, 5) is 11.5. The molecule has 0 spiro atoms. The first kappa shape index (κ1) is 13.5. The summed E-state index contributed by atoms with van der Waals surface area (Å²) >= 11 is 0. The quantitative estimate of drug-likeness (QED) is 0.753. The molecule has 0 aromatic heterocycles. The Kier molecular flexibility index (Phi) is 5.26. The third kappa shape index (κ3) is 6.11. The summed E-state index contributed by atoms with van der Waals surface area (Å²) in [6, 6.07) is 0. The number of carbonyl (C=O) groups excluding carboxylic acids is 1. The van der Waals surface area contributed by atoms with Gasteiger partial charge < -0.3 is 10.1 Å². The summed E-state index contributed by atoms with van der Waals surface area (Å²) in [6.45, 7) is 7.93. The smallest absolute Gasteiger partial charge is 0.306 e. The number of carbonyl (C=O) groups is 1. The van der Waals surface area contributed by atoms with Crippen LogP contribution in [0.25, 0.3) is 0 Å². The summed E-state index contributed by atoms with van der Waals surface area (Å²) in [5.41, 5.74) is -0.348. The molecule has 0 aromatic carbocycles. The predicted octanol–water partition coefficient (Wildman–Crippen LogP) is 2.50. The van der Waals surface area contributed by atoms with Crippen LogP contribution in [-0.4, -0.2) is 24.7 Å². The molecule has 1 heterocycles. The fraction of sp³-hybridized carbons (Fsp3) is 0.923. The zero-order valence-corrected chi connectivity index (χ0v) is 10.8. The second kappa shape index (κ2) is 6.24. The van der Waals surface area contributed by atoms with Crippen LogP contribution in [0.2, 0.25) is 0 Å². The minimum absolute atomic E-state index is 0.0586. The molecular weight excluding hydrogens is 202 g/mol. The van der Waals surface area contributed by atoms with E-state index >= 15 is 0 Å². The molecular formula is C13H25NO2. The largest absolute Gasteiger partial charge is 0.460 e. The molecule has 0 radical (unpaired) electrons. The van der Waals surface area contributed by atoms with E-state index in [1.807, 2.05) is 20.8 Å². The lowest BCUT2D eigenvalue weighted by molar-refractivity contribution is -0.155. The van der Waals surface area contributed by atoms with Gasteiger partial charge in [0.25, 0.3) is 0 Å². The van der Waals surface area contributed by atoms with Crippen LogP contribution in [0, 0.1) is 5.92 Å². The predicted molar refractivity (Wildman–Crippen MR) is 65.3 cm³/mol. The lowest BCUT2D eigenvalue weighted by Crippen LogP contribution is -2.25. The minimum atomic E-state index is -0.348. The number of esters is 1. The van der Waals surface area contributed by atoms with Crippen molar-refractivity contribution in [3.8, 4) is 0 Å².